The van der Waals surface area contributed by atoms with Crippen LogP contribution in [0.15, 0.2) is 29.8 Å². The van der Waals surface area contributed by atoms with Crippen molar-refractivity contribution in [3.63, 3.8) is 0 Å². The summed E-state index contributed by atoms with van der Waals surface area (Å²) in [4.78, 5) is 22.9. The van der Waals surface area contributed by atoms with Crippen LogP contribution in [0, 0.1) is 11.8 Å². The molecule has 0 saturated heterocycles. The Morgan fingerprint density at radius 1 is 1.35 bits per heavy atom. The third-order valence-corrected chi connectivity index (χ3v) is 5.84. The van der Waals surface area contributed by atoms with Crippen LogP contribution in [0.2, 0.25) is 5.02 Å². The summed E-state index contributed by atoms with van der Waals surface area (Å²) >= 11 is 7.30. The molecule has 0 saturated carbocycles. The van der Waals surface area contributed by atoms with Gasteiger partial charge in [0.1, 0.15) is 11.5 Å². The number of carbonyl (C=O) groups is 1. The number of halogens is 1. The van der Waals surface area contributed by atoms with Gasteiger partial charge < -0.3 is 21.1 Å². The van der Waals surface area contributed by atoms with Crippen molar-refractivity contribution < 1.29 is 9.90 Å². The minimum absolute atomic E-state index is 0.162. The minimum atomic E-state index is -0.642. The van der Waals surface area contributed by atoms with Crippen LogP contribution in [-0.4, -0.2) is 58.2 Å². The summed E-state index contributed by atoms with van der Waals surface area (Å²) in [6, 6.07) is 5.43. The Labute approximate surface area is 190 Å². The lowest BCUT2D eigenvalue weighted by Gasteiger charge is -2.21. The molecule has 0 fully saturated rings. The molecule has 0 aliphatic carbocycles. The summed E-state index contributed by atoms with van der Waals surface area (Å²) < 4.78 is 0. The van der Waals surface area contributed by atoms with Crippen LogP contribution in [0.5, 0.6) is 0 Å². The Morgan fingerprint density at radius 3 is 2.87 bits per heavy atom. The van der Waals surface area contributed by atoms with Crippen molar-refractivity contribution in [2.45, 2.75) is 20.0 Å². The van der Waals surface area contributed by atoms with E-state index in [9.17, 15) is 9.90 Å². The average Bonchev–Trinajstić information content (AvgIpc) is 3.24. The van der Waals surface area contributed by atoms with E-state index in [0.29, 0.717) is 28.6 Å². The second-order valence-electron chi connectivity index (χ2n) is 6.89. The number of aliphatic hydroxyl groups is 1. The van der Waals surface area contributed by atoms with E-state index >= 15 is 0 Å². The van der Waals surface area contributed by atoms with E-state index in [0.717, 1.165) is 23.9 Å². The van der Waals surface area contributed by atoms with Crippen molar-refractivity contribution in [1.29, 1.82) is 0 Å². The Morgan fingerprint density at radius 2 is 2.13 bits per heavy atom. The number of rotatable bonds is 7. The first-order valence-corrected chi connectivity index (χ1v) is 11.2. The van der Waals surface area contributed by atoms with Gasteiger partial charge in [-0.3, -0.25) is 4.79 Å². The van der Waals surface area contributed by atoms with Crippen molar-refractivity contribution >= 4 is 45.4 Å². The number of aromatic nitrogens is 2. The highest BCUT2D eigenvalue weighted by atomic mass is 35.5. The molecule has 0 aliphatic heterocycles. The first-order chi connectivity index (χ1) is 14.9. The number of fused-ring (bicyclic) bond motifs is 1. The van der Waals surface area contributed by atoms with E-state index in [1.54, 1.807) is 23.7 Å². The average molecular weight is 458 g/mol. The molecular weight excluding hydrogens is 434 g/mol. The quantitative estimate of drug-likeness (QED) is 0.471. The van der Waals surface area contributed by atoms with E-state index < -0.39 is 6.10 Å². The first kappa shape index (κ1) is 23.0. The molecule has 1 unspecified atom stereocenters. The number of hydrogen-bond acceptors (Lipinski definition) is 7. The molecule has 0 spiro atoms. The third-order valence-electron chi connectivity index (χ3n) is 4.76. The van der Waals surface area contributed by atoms with Crippen LogP contribution in [0.3, 0.4) is 0 Å². The SMILES string of the molecule is CCN(CC)CC(O)CNC(=O)c1nc(C#Cc2c(N)ncc3ccc(Cl)cc23)cs1. The lowest BCUT2D eigenvalue weighted by molar-refractivity contribution is 0.0869. The number of nitrogens with two attached hydrogens (primary N) is 1. The van der Waals surface area contributed by atoms with Gasteiger partial charge in [0.15, 0.2) is 5.01 Å². The molecule has 1 atom stereocenters. The van der Waals surface area contributed by atoms with Crippen molar-refractivity contribution in [2.75, 3.05) is 31.9 Å². The highest BCUT2D eigenvalue weighted by Crippen LogP contribution is 2.25. The van der Waals surface area contributed by atoms with Gasteiger partial charge >= 0.3 is 0 Å². The van der Waals surface area contributed by atoms with Crippen LogP contribution < -0.4 is 11.1 Å². The van der Waals surface area contributed by atoms with E-state index in [1.807, 2.05) is 19.9 Å². The molecule has 162 valence electrons. The molecule has 0 aliphatic rings. The van der Waals surface area contributed by atoms with Gasteiger partial charge in [0.25, 0.3) is 5.91 Å². The fourth-order valence-corrected chi connectivity index (χ4v) is 3.86. The predicted molar refractivity (Wildman–Crippen MR) is 125 cm³/mol. The summed E-state index contributed by atoms with van der Waals surface area (Å²) in [5.41, 5.74) is 7.03. The third kappa shape index (κ3) is 5.93. The van der Waals surface area contributed by atoms with Crippen LogP contribution in [0.1, 0.15) is 34.9 Å². The number of likely N-dealkylation sites (N-methyl/N-ethyl adjacent to an activating group) is 1. The molecule has 1 aromatic carbocycles. The topological polar surface area (TPSA) is 104 Å². The maximum atomic E-state index is 12.3. The number of aliphatic hydroxyl groups excluding tert-OH is 1. The molecule has 0 bridgehead atoms. The number of anilines is 1. The maximum absolute atomic E-state index is 12.3. The molecule has 3 rings (SSSR count). The smallest absolute Gasteiger partial charge is 0.280 e. The van der Waals surface area contributed by atoms with Gasteiger partial charge in [-0.2, -0.15) is 0 Å². The van der Waals surface area contributed by atoms with Gasteiger partial charge in [-0.1, -0.05) is 37.4 Å². The van der Waals surface area contributed by atoms with Crippen LogP contribution >= 0.6 is 22.9 Å². The van der Waals surface area contributed by atoms with Crippen molar-refractivity contribution in [1.82, 2.24) is 20.2 Å². The number of nitrogen functional groups attached to an aromatic ring is 1. The number of nitrogens with zero attached hydrogens (tertiary/aromatic N) is 3. The molecule has 0 radical (unpaired) electrons. The largest absolute Gasteiger partial charge is 0.390 e. The monoisotopic (exact) mass is 457 g/mol. The molecule has 31 heavy (non-hydrogen) atoms. The standard InChI is InChI=1S/C22H24ClN5O2S/c1-3-28(4-2)12-17(29)11-26-21(30)22-27-16(13-31-22)7-8-18-19-9-15(23)6-5-14(19)10-25-20(18)24/h5-6,9-10,13,17,29H,3-4,11-12H2,1-2H3,(H2,24,25)(H,26,30). The second-order valence-corrected chi connectivity index (χ2v) is 8.18. The summed E-state index contributed by atoms with van der Waals surface area (Å²) in [6.07, 6.45) is 1.03. The van der Waals surface area contributed by atoms with E-state index in [-0.39, 0.29) is 17.5 Å². The zero-order chi connectivity index (χ0) is 22.4. The van der Waals surface area contributed by atoms with Crippen molar-refractivity contribution in [3.8, 4) is 11.8 Å². The predicted octanol–water partition coefficient (Wildman–Crippen LogP) is 2.76. The number of benzene rings is 1. The Hall–Kier alpha value is -2.70. The van der Waals surface area contributed by atoms with Gasteiger partial charge in [-0.15, -0.1) is 11.3 Å². The minimum Gasteiger partial charge on any atom is -0.390 e. The number of carbonyl (C=O) groups excluding carboxylic acids is 1. The molecule has 1 amide bonds. The fraction of sp³-hybridized carbons (Fsp3) is 0.318. The first-order valence-electron chi connectivity index (χ1n) is 9.91. The number of hydrogen-bond donors (Lipinski definition) is 3. The lowest BCUT2D eigenvalue weighted by Crippen LogP contribution is -2.40. The molecule has 7 nitrogen and oxygen atoms in total. The Bertz CT molecular complexity index is 1130. The summed E-state index contributed by atoms with van der Waals surface area (Å²) in [7, 11) is 0. The van der Waals surface area contributed by atoms with Gasteiger partial charge in [0.2, 0.25) is 0 Å². The normalized spacial score (nSPS) is 11.9. The van der Waals surface area contributed by atoms with Gasteiger partial charge in [-0.05, 0) is 31.1 Å². The Balaban J connectivity index is 1.70. The molecule has 4 N–H and O–H groups in total. The molecule has 2 heterocycles. The van der Waals surface area contributed by atoms with Gasteiger partial charge in [0, 0.05) is 40.5 Å². The number of thiazole rings is 1. The molecule has 3 aromatic rings. The summed E-state index contributed by atoms with van der Waals surface area (Å²) in [5, 5.41) is 17.1. The van der Waals surface area contributed by atoms with Gasteiger partial charge in [-0.25, -0.2) is 9.97 Å². The number of amides is 1. The van der Waals surface area contributed by atoms with E-state index in [4.69, 9.17) is 17.3 Å². The maximum Gasteiger partial charge on any atom is 0.280 e. The van der Waals surface area contributed by atoms with Crippen LogP contribution in [-0.2, 0) is 0 Å². The zero-order valence-corrected chi connectivity index (χ0v) is 18.9. The second kappa shape index (κ2) is 10.6. The highest BCUT2D eigenvalue weighted by Gasteiger charge is 2.14. The molecule has 2 aromatic heterocycles. The van der Waals surface area contributed by atoms with Crippen molar-refractivity contribution in [3.05, 3.63) is 51.1 Å². The Kier molecular flexibility index (Phi) is 7.82. The fourth-order valence-electron chi connectivity index (χ4n) is 3.02. The summed E-state index contributed by atoms with van der Waals surface area (Å²) in [5.74, 6) is 5.92. The lowest BCUT2D eigenvalue weighted by atomic mass is 10.1. The molecular formula is C22H24ClN5O2S. The van der Waals surface area contributed by atoms with E-state index in [2.05, 4.69) is 32.0 Å². The highest BCUT2D eigenvalue weighted by molar-refractivity contribution is 7.11. The number of nitrogens with one attached hydrogen (secondary N) is 1. The zero-order valence-electron chi connectivity index (χ0n) is 17.4. The molecule has 9 heteroatoms. The van der Waals surface area contributed by atoms with Crippen LogP contribution in [0.25, 0.3) is 10.8 Å². The van der Waals surface area contributed by atoms with Crippen molar-refractivity contribution in [2.24, 2.45) is 0 Å². The van der Waals surface area contributed by atoms with E-state index in [1.165, 1.54) is 11.3 Å². The van der Waals surface area contributed by atoms with Crippen LogP contribution in [0.4, 0.5) is 5.82 Å². The number of pyridine rings is 1. The summed E-state index contributed by atoms with van der Waals surface area (Å²) in [6.45, 7) is 6.42. The van der Waals surface area contributed by atoms with Gasteiger partial charge in [0.05, 0.1) is 11.7 Å².